The number of H-pyrrole nitrogens is 1. The molecule has 0 aliphatic carbocycles. The van der Waals surface area contributed by atoms with Crippen molar-refractivity contribution in [2.24, 2.45) is 5.41 Å². The fourth-order valence-corrected chi connectivity index (χ4v) is 2.20. The van der Waals surface area contributed by atoms with Crippen LogP contribution in [0, 0.1) is 5.41 Å². The lowest BCUT2D eigenvalue weighted by Crippen LogP contribution is -2.26. The van der Waals surface area contributed by atoms with Gasteiger partial charge in [0.25, 0.3) is 10.1 Å². The highest BCUT2D eigenvalue weighted by atomic mass is 32.2. The van der Waals surface area contributed by atoms with Gasteiger partial charge in [-0.3, -0.25) is 23.5 Å². The first-order chi connectivity index (χ1) is 25.1. The predicted octanol–water partition coefficient (Wildman–Crippen LogP) is 3.69. The van der Waals surface area contributed by atoms with E-state index >= 15 is 0 Å². The fraction of sp³-hybridized carbons (Fsp3) is 0.812. The third-order valence-electron chi connectivity index (χ3n) is 6.14. The highest BCUT2D eigenvalue weighted by Gasteiger charge is 2.32. The molecule has 0 atom stereocenters. The van der Waals surface area contributed by atoms with Crippen LogP contribution in [0.3, 0.4) is 0 Å². The summed E-state index contributed by atoms with van der Waals surface area (Å²) in [6, 6.07) is 0. The van der Waals surface area contributed by atoms with Crippen LogP contribution >= 0.6 is 7.60 Å². The second kappa shape index (κ2) is 22.7. The smallest absolute Gasteiger partial charge is 0.330 e. The van der Waals surface area contributed by atoms with Gasteiger partial charge in [0.2, 0.25) is 0 Å². The van der Waals surface area contributed by atoms with Gasteiger partial charge in [0.15, 0.2) is 29.8 Å². The average molecular weight is 857 g/mol. The maximum atomic E-state index is 10.9. The Morgan fingerprint density at radius 3 is 1.46 bits per heavy atom. The third kappa shape index (κ3) is 26.4. The van der Waals surface area contributed by atoms with Crippen molar-refractivity contribution in [3.05, 3.63) is 17.5 Å². The second-order valence-electron chi connectivity index (χ2n) is 17.7. The van der Waals surface area contributed by atoms with E-state index in [4.69, 9.17) is 24.6 Å². The van der Waals surface area contributed by atoms with Gasteiger partial charge >= 0.3 is 19.5 Å². The molecule has 0 unspecified atom stereocenters. The minimum Gasteiger partial charge on any atom is -0.481 e. The Kier molecular flexibility index (Phi) is 22.8. The zero-order chi connectivity index (χ0) is 46.2. The predicted molar refractivity (Wildman–Crippen MR) is 210 cm³/mol. The maximum Gasteiger partial charge on any atom is 0.330 e. The molecule has 3 heterocycles. The average Bonchev–Trinajstić information content (AvgIpc) is 3.74. The highest BCUT2D eigenvalue weighted by molar-refractivity contribution is 7.87. The van der Waals surface area contributed by atoms with E-state index in [1.165, 1.54) is 48.5 Å². The molecule has 0 bridgehead atoms. The molecule has 23 nitrogen and oxygen atoms in total. The maximum absolute atomic E-state index is 10.9. The molecular weight excluding hydrogens is 791 g/mol. The lowest BCUT2D eigenvalue weighted by Gasteiger charge is -2.18. The topological polar surface area (TPSA) is 345 Å². The number of carbonyl (C=O) groups is 3. The molecule has 0 radical (unpaired) electrons. The minimum atomic E-state index is -3.85. The fourth-order valence-electron chi connectivity index (χ4n) is 2.20. The van der Waals surface area contributed by atoms with Crippen molar-refractivity contribution < 1.29 is 51.9 Å². The molecule has 57 heavy (non-hydrogen) atoms. The molecule has 0 amide bonds. The molecule has 330 valence electrons. The molecule has 25 heteroatoms. The van der Waals surface area contributed by atoms with Crippen LogP contribution in [-0.2, 0) is 53.0 Å². The van der Waals surface area contributed by atoms with Crippen molar-refractivity contribution in [3.63, 3.8) is 0 Å². The second-order valence-corrected chi connectivity index (χ2v) is 22.3. The molecule has 0 aromatic carbocycles. The van der Waals surface area contributed by atoms with Crippen LogP contribution in [0.2, 0.25) is 0 Å². The number of nitrogens with zero attached hydrogens (tertiary/aromatic N) is 11. The molecule has 0 aliphatic rings. The lowest BCUT2D eigenvalue weighted by molar-refractivity contribution is -0.146. The first kappa shape index (κ1) is 57.2. The Morgan fingerprint density at radius 2 is 1.23 bits per heavy atom. The summed E-state index contributed by atoms with van der Waals surface area (Å²) in [7, 11) is -7.69. The molecule has 3 aromatic rings. The number of carboxylic acids is 2. The molecule has 6 N–H and O–H groups in total. The number of Topliss-reactive ketones (excluding diaryl/α,β-unsaturated/α-hetero) is 1. The van der Waals surface area contributed by atoms with E-state index in [1.54, 1.807) is 25.5 Å². The first-order valence-corrected chi connectivity index (χ1v) is 20.4. The molecule has 0 spiro atoms. The van der Waals surface area contributed by atoms with E-state index in [0.29, 0.717) is 11.7 Å². The van der Waals surface area contributed by atoms with Gasteiger partial charge in [-0.2, -0.15) is 18.4 Å². The first-order valence-electron chi connectivity index (χ1n) is 17.3. The van der Waals surface area contributed by atoms with Gasteiger partial charge in [-0.15, -0.1) is 25.5 Å². The van der Waals surface area contributed by atoms with Crippen LogP contribution in [0.1, 0.15) is 148 Å². The van der Waals surface area contributed by atoms with Crippen LogP contribution in [0.25, 0.3) is 0 Å². The van der Waals surface area contributed by atoms with E-state index in [9.17, 15) is 27.4 Å². The molecule has 0 fully saturated rings. The summed E-state index contributed by atoms with van der Waals surface area (Å²) in [6.45, 7) is 31.2. The Labute approximate surface area is 335 Å². The van der Waals surface area contributed by atoms with Crippen molar-refractivity contribution in [3.8, 4) is 0 Å². The number of carboxylic acid groups (broad SMARTS) is 2. The summed E-state index contributed by atoms with van der Waals surface area (Å²) >= 11 is 0. The van der Waals surface area contributed by atoms with Gasteiger partial charge in [0.05, 0.1) is 15.3 Å². The number of aliphatic carboxylic acids is 2. The Bertz CT molecular complexity index is 1800. The molecular formula is C32H65N12O11PS. The van der Waals surface area contributed by atoms with E-state index in [1.807, 2.05) is 55.4 Å². The van der Waals surface area contributed by atoms with Gasteiger partial charge in [0, 0.05) is 16.7 Å². The summed E-state index contributed by atoms with van der Waals surface area (Å²) < 4.78 is 39.6. The number of aromatic nitrogens is 12. The summed E-state index contributed by atoms with van der Waals surface area (Å²) in [6.07, 6.45) is 0. The van der Waals surface area contributed by atoms with Gasteiger partial charge in [-0.1, -0.05) is 60.6 Å². The number of ketones is 1. The Balaban J connectivity index is -0.000000626. The van der Waals surface area contributed by atoms with Crippen molar-refractivity contribution in [2.45, 2.75) is 164 Å². The van der Waals surface area contributed by atoms with Gasteiger partial charge in [0.1, 0.15) is 6.54 Å². The van der Waals surface area contributed by atoms with E-state index in [2.05, 4.69) is 51.6 Å². The molecule has 0 aliphatic heterocycles. The quantitative estimate of drug-likeness (QED) is 0.157. The third-order valence-corrected chi connectivity index (χ3v) is 9.44. The SMILES string of the molecule is CC(=O)Cn1nnnc1C(C)(C)C.CC(C)(C)C(=O)O.CC(C)(C)P(=O)(O)O.CC(C)(C)S(=O)(=O)O.CC(C)(C)c1nnn(CC(=O)O)n1.CC(C)c1nn[nH]n1. The highest BCUT2D eigenvalue weighted by Crippen LogP contribution is 2.49. The van der Waals surface area contributed by atoms with Crippen LogP contribution in [0.15, 0.2) is 0 Å². The number of hydrogen-bond acceptors (Lipinski definition) is 15. The summed E-state index contributed by atoms with van der Waals surface area (Å²) in [5, 5.41) is 51.6. The van der Waals surface area contributed by atoms with Crippen LogP contribution < -0.4 is 0 Å². The summed E-state index contributed by atoms with van der Waals surface area (Å²) in [5.74, 6) is 0.748. The van der Waals surface area contributed by atoms with Crippen molar-refractivity contribution in [2.75, 3.05) is 0 Å². The minimum absolute atomic E-state index is 0.0535. The summed E-state index contributed by atoms with van der Waals surface area (Å²) in [4.78, 5) is 49.2. The zero-order valence-corrected chi connectivity index (χ0v) is 38.2. The standard InChI is InChI=1S/C8H14N4O.C7H12N4O2.C5H10O2.C4H8N4.C4H11O3P.C4H10O3S/c1-6(13)5-12-7(8(2,3)4)9-10-11-12;1-7(2,3)6-8-10-11(9-6)4-5(12)13;1-5(2,3)4(6)7;1-3(2)4-5-7-8-6-4;2*1-4(2,3)8(5,6)7/h5H2,1-4H3;4H2,1-3H3,(H,12,13);1-3H3,(H,6,7);3H,1-2H3,(H,5,6,7,8);1-3H3,(H2,5,6,7);1-3H3,(H,5,6,7). The number of nitrogens with one attached hydrogen (secondary N) is 1. The van der Waals surface area contributed by atoms with E-state index < -0.39 is 45.0 Å². The van der Waals surface area contributed by atoms with Crippen molar-refractivity contribution in [1.29, 1.82) is 0 Å². The molecule has 3 rings (SSSR count). The van der Waals surface area contributed by atoms with E-state index in [0.717, 1.165) is 16.4 Å². The zero-order valence-electron chi connectivity index (χ0n) is 36.5. The van der Waals surface area contributed by atoms with E-state index in [-0.39, 0.29) is 29.7 Å². The van der Waals surface area contributed by atoms with Gasteiger partial charge in [-0.05, 0) is 84.9 Å². The number of carbonyl (C=O) groups excluding carboxylic acids is 1. The summed E-state index contributed by atoms with van der Waals surface area (Å²) in [5.41, 5.74) is -0.907. The monoisotopic (exact) mass is 856 g/mol. The largest absolute Gasteiger partial charge is 0.481 e. The Hall–Kier alpha value is -4.12. The number of tetrazole rings is 3. The van der Waals surface area contributed by atoms with Crippen molar-refractivity contribution in [1.82, 2.24) is 61.0 Å². The van der Waals surface area contributed by atoms with Gasteiger partial charge < -0.3 is 20.0 Å². The number of rotatable bonds is 5. The van der Waals surface area contributed by atoms with Gasteiger partial charge in [-0.25, -0.2) is 4.68 Å². The number of aromatic amines is 1. The van der Waals surface area contributed by atoms with Crippen LogP contribution in [0.5, 0.6) is 0 Å². The number of hydrogen-bond donors (Lipinski definition) is 6. The normalized spacial score (nSPS) is 12.1. The molecule has 3 aromatic heterocycles. The lowest BCUT2D eigenvalue weighted by atomic mass is 9.96. The van der Waals surface area contributed by atoms with Crippen LogP contribution in [0.4, 0.5) is 0 Å². The van der Waals surface area contributed by atoms with Crippen molar-refractivity contribution >= 4 is 35.4 Å². The molecule has 0 saturated heterocycles. The molecule has 0 saturated carbocycles. The van der Waals surface area contributed by atoms with Crippen LogP contribution in [-0.4, -0.2) is 122 Å². The Morgan fingerprint density at radius 1 is 0.789 bits per heavy atom.